The third-order valence-corrected chi connectivity index (χ3v) is 2.36. The van der Waals surface area contributed by atoms with Crippen LogP contribution in [0.3, 0.4) is 0 Å². The molecule has 0 bridgehead atoms. The molecule has 0 fully saturated rings. The van der Waals surface area contributed by atoms with Gasteiger partial charge in [-0.25, -0.2) is 0 Å². The van der Waals surface area contributed by atoms with Crippen molar-refractivity contribution in [3.8, 4) is 5.75 Å². The van der Waals surface area contributed by atoms with Gasteiger partial charge in [-0.3, -0.25) is 4.79 Å². The molecule has 0 aliphatic carbocycles. The molecule has 1 unspecified atom stereocenters. The van der Waals surface area contributed by atoms with Crippen LogP contribution in [0.25, 0.3) is 0 Å². The Morgan fingerprint density at radius 3 is 2.75 bits per heavy atom. The molecular weight excluding hydrogens is 226 g/mol. The lowest BCUT2D eigenvalue weighted by molar-refractivity contribution is 0.0976. The highest BCUT2D eigenvalue weighted by atomic mass is 35.5. The summed E-state index contributed by atoms with van der Waals surface area (Å²) < 4.78 is 5.28. The van der Waals surface area contributed by atoms with Crippen LogP contribution in [-0.4, -0.2) is 18.4 Å². The van der Waals surface area contributed by atoms with Crippen molar-refractivity contribution in [3.63, 3.8) is 0 Å². The number of rotatable bonds is 5. The highest BCUT2D eigenvalue weighted by molar-refractivity contribution is 6.32. The number of carbonyl (C=O) groups is 1. The number of benzene rings is 1. The van der Waals surface area contributed by atoms with Gasteiger partial charge < -0.3 is 10.5 Å². The summed E-state index contributed by atoms with van der Waals surface area (Å²) in [5, 5.41) is 0.456. The molecule has 1 rings (SSSR count). The number of ketones is 1. The van der Waals surface area contributed by atoms with E-state index in [-0.39, 0.29) is 11.8 Å². The van der Waals surface area contributed by atoms with Crippen LogP contribution in [0.1, 0.15) is 30.6 Å². The Bertz CT molecular complexity index is 377. The quantitative estimate of drug-likeness (QED) is 0.807. The largest absolute Gasteiger partial charge is 0.492 e. The number of carbonyl (C=O) groups excluding carboxylic acids is 1. The Hall–Kier alpha value is -1.06. The normalized spacial score (nSPS) is 12.2. The number of ether oxygens (including phenoxy) is 1. The van der Waals surface area contributed by atoms with Crippen LogP contribution < -0.4 is 10.5 Å². The van der Waals surface area contributed by atoms with Crippen LogP contribution in [0.15, 0.2) is 18.2 Å². The van der Waals surface area contributed by atoms with Gasteiger partial charge in [0.05, 0.1) is 11.6 Å². The number of hydrogen-bond donors (Lipinski definition) is 1. The maximum Gasteiger partial charge on any atom is 0.164 e. The van der Waals surface area contributed by atoms with Crippen molar-refractivity contribution in [2.75, 3.05) is 6.61 Å². The highest BCUT2D eigenvalue weighted by Crippen LogP contribution is 2.25. The molecule has 3 nitrogen and oxygen atoms in total. The maximum absolute atomic E-state index is 11.7. The van der Waals surface area contributed by atoms with E-state index in [1.807, 2.05) is 6.92 Å². The molecule has 0 aliphatic rings. The molecule has 4 heteroatoms. The minimum Gasteiger partial charge on any atom is -0.492 e. The van der Waals surface area contributed by atoms with E-state index in [2.05, 4.69) is 0 Å². The molecule has 0 saturated carbocycles. The molecule has 1 aromatic carbocycles. The molecule has 0 spiro atoms. The Morgan fingerprint density at radius 1 is 1.56 bits per heavy atom. The van der Waals surface area contributed by atoms with E-state index in [9.17, 15) is 4.79 Å². The number of halogens is 1. The van der Waals surface area contributed by atoms with E-state index in [1.54, 1.807) is 25.1 Å². The topological polar surface area (TPSA) is 52.3 Å². The van der Waals surface area contributed by atoms with Gasteiger partial charge in [0.25, 0.3) is 0 Å². The fourth-order valence-corrected chi connectivity index (χ4v) is 1.59. The summed E-state index contributed by atoms with van der Waals surface area (Å²) >= 11 is 5.98. The molecule has 0 aliphatic heterocycles. The predicted octanol–water partition coefficient (Wildman–Crippen LogP) is 2.66. The zero-order valence-electron chi connectivity index (χ0n) is 9.50. The molecule has 16 heavy (non-hydrogen) atoms. The Balaban J connectivity index is 2.84. The predicted molar refractivity (Wildman–Crippen MR) is 65.2 cm³/mol. The van der Waals surface area contributed by atoms with Gasteiger partial charge in [-0.2, -0.15) is 0 Å². The Labute approximate surface area is 101 Å². The van der Waals surface area contributed by atoms with Crippen molar-refractivity contribution in [1.29, 1.82) is 0 Å². The summed E-state index contributed by atoms with van der Waals surface area (Å²) in [6, 6.07) is 4.90. The second kappa shape index (κ2) is 5.87. The maximum atomic E-state index is 11.7. The molecule has 0 radical (unpaired) electrons. The SMILES string of the molecule is CCOc1ccc(C(=O)CC(C)N)cc1Cl. The average Bonchev–Trinajstić information content (AvgIpc) is 2.20. The van der Waals surface area contributed by atoms with E-state index < -0.39 is 0 Å². The molecule has 0 amide bonds. The second-order valence-electron chi connectivity index (χ2n) is 3.68. The van der Waals surface area contributed by atoms with Crippen molar-refractivity contribution in [1.82, 2.24) is 0 Å². The van der Waals surface area contributed by atoms with Crippen LogP contribution in [0.4, 0.5) is 0 Å². The Kier molecular flexibility index (Phi) is 4.77. The number of hydrogen-bond acceptors (Lipinski definition) is 3. The molecular formula is C12H16ClNO2. The van der Waals surface area contributed by atoms with Crippen LogP contribution in [-0.2, 0) is 0 Å². The van der Waals surface area contributed by atoms with E-state index >= 15 is 0 Å². The molecule has 0 heterocycles. The van der Waals surface area contributed by atoms with E-state index in [1.165, 1.54) is 0 Å². The second-order valence-corrected chi connectivity index (χ2v) is 4.09. The molecule has 2 N–H and O–H groups in total. The average molecular weight is 242 g/mol. The van der Waals surface area contributed by atoms with Gasteiger partial charge >= 0.3 is 0 Å². The molecule has 1 aromatic rings. The van der Waals surface area contributed by atoms with Crippen molar-refractivity contribution < 1.29 is 9.53 Å². The van der Waals surface area contributed by atoms with Gasteiger partial charge in [-0.05, 0) is 32.0 Å². The smallest absolute Gasteiger partial charge is 0.164 e. The first-order valence-electron chi connectivity index (χ1n) is 5.25. The third kappa shape index (κ3) is 3.51. The minimum atomic E-state index is -0.141. The van der Waals surface area contributed by atoms with Gasteiger partial charge in [-0.15, -0.1) is 0 Å². The third-order valence-electron chi connectivity index (χ3n) is 2.06. The van der Waals surface area contributed by atoms with Gasteiger partial charge in [0.1, 0.15) is 5.75 Å². The Morgan fingerprint density at radius 2 is 2.25 bits per heavy atom. The fourth-order valence-electron chi connectivity index (χ4n) is 1.36. The standard InChI is InChI=1S/C12H16ClNO2/c1-3-16-12-5-4-9(7-10(12)13)11(15)6-8(2)14/h4-5,7-8H,3,6,14H2,1-2H3. The van der Waals surface area contributed by atoms with Gasteiger partial charge in [0, 0.05) is 18.0 Å². The summed E-state index contributed by atoms with van der Waals surface area (Å²) in [6.45, 7) is 4.23. The van der Waals surface area contributed by atoms with Crippen molar-refractivity contribution in [2.24, 2.45) is 5.73 Å². The lowest BCUT2D eigenvalue weighted by Crippen LogP contribution is -2.19. The van der Waals surface area contributed by atoms with E-state index in [0.29, 0.717) is 29.4 Å². The molecule has 0 saturated heterocycles. The monoisotopic (exact) mass is 241 g/mol. The first kappa shape index (κ1) is 13.0. The first-order chi connectivity index (χ1) is 7.54. The molecule has 0 aromatic heterocycles. The summed E-state index contributed by atoms with van der Waals surface area (Å²) in [7, 11) is 0. The van der Waals surface area contributed by atoms with Crippen LogP contribution in [0.2, 0.25) is 5.02 Å². The summed E-state index contributed by atoms with van der Waals surface area (Å²) in [5.74, 6) is 0.599. The zero-order chi connectivity index (χ0) is 12.1. The van der Waals surface area contributed by atoms with E-state index in [4.69, 9.17) is 22.1 Å². The van der Waals surface area contributed by atoms with Crippen molar-refractivity contribution in [2.45, 2.75) is 26.3 Å². The van der Waals surface area contributed by atoms with Crippen molar-refractivity contribution >= 4 is 17.4 Å². The molecule has 1 atom stereocenters. The summed E-state index contributed by atoms with van der Waals surface area (Å²) in [5.41, 5.74) is 6.14. The van der Waals surface area contributed by atoms with E-state index in [0.717, 1.165) is 0 Å². The fraction of sp³-hybridized carbons (Fsp3) is 0.417. The van der Waals surface area contributed by atoms with Crippen LogP contribution in [0, 0.1) is 0 Å². The van der Waals surface area contributed by atoms with Crippen LogP contribution >= 0.6 is 11.6 Å². The van der Waals surface area contributed by atoms with Gasteiger partial charge in [0.15, 0.2) is 5.78 Å². The lowest BCUT2D eigenvalue weighted by atomic mass is 10.1. The molecule has 88 valence electrons. The summed E-state index contributed by atoms with van der Waals surface area (Å²) in [6.07, 6.45) is 0.324. The lowest BCUT2D eigenvalue weighted by Gasteiger charge is -2.08. The number of nitrogens with two attached hydrogens (primary N) is 1. The summed E-state index contributed by atoms with van der Waals surface area (Å²) in [4.78, 5) is 11.7. The first-order valence-corrected chi connectivity index (χ1v) is 5.63. The zero-order valence-corrected chi connectivity index (χ0v) is 10.3. The van der Waals surface area contributed by atoms with Gasteiger partial charge in [0.2, 0.25) is 0 Å². The highest BCUT2D eigenvalue weighted by Gasteiger charge is 2.10. The minimum absolute atomic E-state index is 0.0000477. The van der Waals surface area contributed by atoms with Crippen molar-refractivity contribution in [3.05, 3.63) is 28.8 Å². The van der Waals surface area contributed by atoms with Gasteiger partial charge in [-0.1, -0.05) is 11.6 Å². The number of Topliss-reactive ketones (excluding diaryl/α,β-unsaturated/α-hetero) is 1. The van der Waals surface area contributed by atoms with Crippen LogP contribution in [0.5, 0.6) is 5.75 Å².